The Balaban J connectivity index is 1.62. The van der Waals surface area contributed by atoms with Crippen LogP contribution in [0.4, 0.5) is 13.2 Å². The summed E-state index contributed by atoms with van der Waals surface area (Å²) in [5.74, 6) is -0.350. The van der Waals surface area contributed by atoms with Crippen molar-refractivity contribution in [3.05, 3.63) is 57.9 Å². The Bertz CT molecular complexity index is 1150. The Morgan fingerprint density at radius 2 is 2.13 bits per heavy atom. The Kier molecular flexibility index (Phi) is 5.08. The van der Waals surface area contributed by atoms with Crippen LogP contribution in [0.1, 0.15) is 47.4 Å². The number of H-pyrrole nitrogens is 1. The molecule has 4 heterocycles. The summed E-state index contributed by atoms with van der Waals surface area (Å²) in [5, 5.41) is 4.22. The SMILES string of the molecule is CCn1cc(C(=O)N2CCC[C@@H](c3cc4nc(C(F)(F)F)ccc4c(=O)[nH]3)C2)cn1. The van der Waals surface area contributed by atoms with E-state index < -0.39 is 17.4 Å². The predicted octanol–water partition coefficient (Wildman–Crippen LogP) is 3.18. The van der Waals surface area contributed by atoms with Crippen LogP contribution in [0.3, 0.4) is 0 Å². The lowest BCUT2D eigenvalue weighted by Crippen LogP contribution is -2.39. The van der Waals surface area contributed by atoms with Crippen molar-refractivity contribution in [1.82, 2.24) is 24.6 Å². The minimum absolute atomic E-state index is 0.00347. The number of nitrogens with zero attached hydrogens (tertiary/aromatic N) is 4. The zero-order valence-corrected chi connectivity index (χ0v) is 16.2. The largest absolute Gasteiger partial charge is 0.433 e. The molecule has 10 heteroatoms. The minimum atomic E-state index is -4.59. The number of piperidine rings is 1. The van der Waals surface area contributed by atoms with Gasteiger partial charge in [-0.3, -0.25) is 14.3 Å². The molecular weight excluding hydrogens is 399 g/mol. The fraction of sp³-hybridized carbons (Fsp3) is 0.400. The first-order chi connectivity index (χ1) is 14.3. The average molecular weight is 419 g/mol. The highest BCUT2D eigenvalue weighted by Crippen LogP contribution is 2.30. The van der Waals surface area contributed by atoms with Crippen molar-refractivity contribution in [3.63, 3.8) is 0 Å². The van der Waals surface area contributed by atoms with Crippen LogP contribution in [0, 0.1) is 0 Å². The van der Waals surface area contributed by atoms with E-state index in [1.165, 1.54) is 12.3 Å². The zero-order chi connectivity index (χ0) is 21.5. The van der Waals surface area contributed by atoms with E-state index in [2.05, 4.69) is 15.1 Å². The second-order valence-corrected chi connectivity index (χ2v) is 7.36. The molecule has 1 saturated heterocycles. The van der Waals surface area contributed by atoms with Gasteiger partial charge in [0.1, 0.15) is 5.69 Å². The van der Waals surface area contributed by atoms with Gasteiger partial charge in [-0.05, 0) is 38.0 Å². The quantitative estimate of drug-likeness (QED) is 0.707. The van der Waals surface area contributed by atoms with Gasteiger partial charge in [-0.1, -0.05) is 0 Å². The van der Waals surface area contributed by atoms with Crippen molar-refractivity contribution in [1.29, 1.82) is 0 Å². The van der Waals surface area contributed by atoms with Crippen LogP contribution in [0.25, 0.3) is 10.9 Å². The molecule has 0 aromatic carbocycles. The first-order valence-corrected chi connectivity index (χ1v) is 9.69. The average Bonchev–Trinajstić information content (AvgIpc) is 3.21. The number of aryl methyl sites for hydroxylation is 1. The molecule has 1 N–H and O–H groups in total. The van der Waals surface area contributed by atoms with Gasteiger partial charge in [0.25, 0.3) is 11.5 Å². The van der Waals surface area contributed by atoms with Crippen molar-refractivity contribution in [2.45, 2.75) is 38.4 Å². The van der Waals surface area contributed by atoms with Crippen molar-refractivity contribution in [2.24, 2.45) is 0 Å². The molecule has 1 aliphatic heterocycles. The lowest BCUT2D eigenvalue weighted by molar-refractivity contribution is -0.140. The predicted molar refractivity (Wildman–Crippen MR) is 103 cm³/mol. The second kappa shape index (κ2) is 7.58. The Labute approximate surface area is 169 Å². The number of carbonyl (C=O) groups excluding carboxylic acids is 1. The van der Waals surface area contributed by atoms with E-state index in [0.717, 1.165) is 12.1 Å². The maximum absolute atomic E-state index is 13.0. The van der Waals surface area contributed by atoms with Crippen LogP contribution in [0.15, 0.2) is 35.4 Å². The summed E-state index contributed by atoms with van der Waals surface area (Å²) in [6.45, 7) is 3.51. The van der Waals surface area contributed by atoms with E-state index >= 15 is 0 Å². The van der Waals surface area contributed by atoms with E-state index in [1.807, 2.05) is 6.92 Å². The lowest BCUT2D eigenvalue weighted by atomic mass is 9.93. The summed E-state index contributed by atoms with van der Waals surface area (Å²) in [4.78, 5) is 33.3. The van der Waals surface area contributed by atoms with Gasteiger partial charge in [-0.2, -0.15) is 18.3 Å². The number of nitrogens with one attached hydrogen (secondary N) is 1. The highest BCUT2D eigenvalue weighted by atomic mass is 19.4. The molecule has 1 amide bonds. The van der Waals surface area contributed by atoms with Crippen LogP contribution < -0.4 is 5.56 Å². The third kappa shape index (κ3) is 3.81. The summed E-state index contributed by atoms with van der Waals surface area (Å²) in [6, 6.07) is 3.42. The zero-order valence-electron chi connectivity index (χ0n) is 16.2. The molecule has 3 aromatic rings. The number of rotatable bonds is 3. The highest BCUT2D eigenvalue weighted by Gasteiger charge is 2.33. The van der Waals surface area contributed by atoms with Gasteiger partial charge in [0.2, 0.25) is 0 Å². The Hall–Kier alpha value is -3.17. The molecule has 1 aliphatic rings. The summed E-state index contributed by atoms with van der Waals surface area (Å²) >= 11 is 0. The second-order valence-electron chi connectivity index (χ2n) is 7.36. The van der Waals surface area contributed by atoms with E-state index in [1.54, 1.807) is 15.8 Å². The number of hydrogen-bond acceptors (Lipinski definition) is 4. The topological polar surface area (TPSA) is 83.9 Å². The van der Waals surface area contributed by atoms with Gasteiger partial charge in [0.15, 0.2) is 0 Å². The molecule has 0 unspecified atom stereocenters. The number of aromatic amines is 1. The van der Waals surface area contributed by atoms with Gasteiger partial charge in [0, 0.05) is 37.4 Å². The highest BCUT2D eigenvalue weighted by molar-refractivity contribution is 5.93. The fourth-order valence-electron chi connectivity index (χ4n) is 3.78. The molecule has 0 radical (unpaired) electrons. The number of amides is 1. The van der Waals surface area contributed by atoms with Crippen molar-refractivity contribution in [2.75, 3.05) is 13.1 Å². The van der Waals surface area contributed by atoms with Crippen LogP contribution >= 0.6 is 0 Å². The molecule has 3 aromatic heterocycles. The van der Waals surface area contributed by atoms with Crippen molar-refractivity contribution >= 4 is 16.8 Å². The van der Waals surface area contributed by atoms with E-state index in [0.29, 0.717) is 43.7 Å². The molecule has 158 valence electrons. The molecule has 0 spiro atoms. The standard InChI is InChI=1S/C20H20F3N5O2/c1-2-28-11-13(9-24-28)19(30)27-7-3-4-12(10-27)15-8-16-14(18(29)26-15)5-6-17(25-16)20(21,22)23/h5-6,8-9,11-12H,2-4,7,10H2,1H3,(H,26,29)/t12-/m1/s1. The minimum Gasteiger partial charge on any atom is -0.338 e. The lowest BCUT2D eigenvalue weighted by Gasteiger charge is -2.32. The number of fused-ring (bicyclic) bond motifs is 1. The molecular formula is C20H20F3N5O2. The maximum atomic E-state index is 13.0. The van der Waals surface area contributed by atoms with Gasteiger partial charge >= 0.3 is 6.18 Å². The monoisotopic (exact) mass is 419 g/mol. The smallest absolute Gasteiger partial charge is 0.338 e. The molecule has 1 fully saturated rings. The van der Waals surface area contributed by atoms with Crippen LogP contribution in [0.2, 0.25) is 0 Å². The number of aromatic nitrogens is 4. The van der Waals surface area contributed by atoms with Crippen LogP contribution in [-0.2, 0) is 12.7 Å². The Morgan fingerprint density at radius 3 is 2.83 bits per heavy atom. The summed E-state index contributed by atoms with van der Waals surface area (Å²) in [5.41, 5.74) is -0.561. The third-order valence-corrected chi connectivity index (χ3v) is 5.36. The van der Waals surface area contributed by atoms with Crippen LogP contribution in [-0.4, -0.2) is 43.6 Å². The van der Waals surface area contributed by atoms with E-state index in [9.17, 15) is 22.8 Å². The molecule has 0 aliphatic carbocycles. The van der Waals surface area contributed by atoms with Gasteiger partial charge in [-0.15, -0.1) is 0 Å². The fourth-order valence-corrected chi connectivity index (χ4v) is 3.78. The summed E-state index contributed by atoms with van der Waals surface area (Å²) < 4.78 is 40.7. The third-order valence-electron chi connectivity index (χ3n) is 5.36. The van der Waals surface area contributed by atoms with Gasteiger partial charge in [0.05, 0.1) is 22.7 Å². The van der Waals surface area contributed by atoms with E-state index in [-0.39, 0.29) is 22.7 Å². The van der Waals surface area contributed by atoms with Crippen LogP contribution in [0.5, 0.6) is 0 Å². The molecule has 0 bridgehead atoms. The first-order valence-electron chi connectivity index (χ1n) is 9.69. The summed E-state index contributed by atoms with van der Waals surface area (Å²) in [7, 11) is 0. The van der Waals surface area contributed by atoms with Crippen molar-refractivity contribution in [3.8, 4) is 0 Å². The van der Waals surface area contributed by atoms with Gasteiger partial charge in [-0.25, -0.2) is 4.98 Å². The molecule has 0 saturated carbocycles. The number of halogens is 3. The number of hydrogen-bond donors (Lipinski definition) is 1. The number of likely N-dealkylation sites (tertiary alicyclic amines) is 1. The number of pyridine rings is 2. The number of alkyl halides is 3. The molecule has 4 rings (SSSR count). The number of carbonyl (C=O) groups is 1. The maximum Gasteiger partial charge on any atom is 0.433 e. The first kappa shape index (κ1) is 20.1. The molecule has 7 nitrogen and oxygen atoms in total. The normalized spacial score (nSPS) is 17.5. The Morgan fingerprint density at radius 1 is 1.33 bits per heavy atom. The molecule has 30 heavy (non-hydrogen) atoms. The van der Waals surface area contributed by atoms with E-state index in [4.69, 9.17) is 0 Å². The molecule has 1 atom stereocenters. The van der Waals surface area contributed by atoms with Crippen molar-refractivity contribution < 1.29 is 18.0 Å². The summed E-state index contributed by atoms with van der Waals surface area (Å²) in [6.07, 6.45) is 0.0448. The van der Waals surface area contributed by atoms with Gasteiger partial charge < -0.3 is 9.88 Å².